The molecule has 2 aromatic rings. The summed E-state index contributed by atoms with van der Waals surface area (Å²) >= 11 is 0. The molecule has 1 fully saturated rings. The quantitative estimate of drug-likeness (QED) is 0.133. The SMILES string of the molecule is CCC(CC)CC(C)OC(=O)c1ccc(OC(=O)C2CCC(C(=O)Oc3ccc(C(=O)OC(C)CC(CC)CC)cc3)CC2)cc1. The number of hydrogen-bond donors (Lipinski definition) is 0. The number of rotatable bonds is 16. The van der Waals surface area contributed by atoms with E-state index in [-0.39, 0.29) is 36.0 Å². The molecule has 1 aliphatic rings. The van der Waals surface area contributed by atoms with Crippen LogP contribution in [0.3, 0.4) is 0 Å². The minimum absolute atomic E-state index is 0.170. The first-order valence-corrected chi connectivity index (χ1v) is 17.1. The maximum Gasteiger partial charge on any atom is 0.338 e. The molecule has 0 N–H and O–H groups in total. The molecular formula is C38H52O8. The molecule has 2 atom stereocenters. The Bertz CT molecular complexity index is 1150. The Balaban J connectivity index is 1.41. The van der Waals surface area contributed by atoms with Crippen LogP contribution in [0.5, 0.6) is 11.5 Å². The first-order chi connectivity index (χ1) is 22.1. The molecule has 0 amide bonds. The average Bonchev–Trinajstić information content (AvgIpc) is 3.06. The standard InChI is InChI=1S/C38H52O8/c1-7-27(8-2)23-25(5)43-35(39)31-15-19-33(20-16-31)45-37(41)29-11-13-30(14-12-29)38(42)46-34-21-17-32(18-22-34)36(40)44-26(6)24-28(9-3)10-4/h15-22,25-30H,7-14,23-24H2,1-6H3. The molecule has 0 aromatic heterocycles. The van der Waals surface area contributed by atoms with Crippen LogP contribution in [0.2, 0.25) is 0 Å². The van der Waals surface area contributed by atoms with Gasteiger partial charge in [0.15, 0.2) is 0 Å². The number of hydrogen-bond acceptors (Lipinski definition) is 8. The van der Waals surface area contributed by atoms with Gasteiger partial charge in [0, 0.05) is 0 Å². The van der Waals surface area contributed by atoms with Crippen molar-refractivity contribution < 1.29 is 38.1 Å². The Morgan fingerprint density at radius 1 is 0.565 bits per heavy atom. The Morgan fingerprint density at radius 3 is 1.15 bits per heavy atom. The van der Waals surface area contributed by atoms with Gasteiger partial charge in [-0.3, -0.25) is 9.59 Å². The van der Waals surface area contributed by atoms with E-state index in [0.717, 1.165) is 38.5 Å². The van der Waals surface area contributed by atoms with Gasteiger partial charge < -0.3 is 18.9 Å². The maximum absolute atomic E-state index is 12.8. The first-order valence-electron chi connectivity index (χ1n) is 17.1. The van der Waals surface area contributed by atoms with E-state index in [0.29, 0.717) is 60.1 Å². The second-order valence-corrected chi connectivity index (χ2v) is 12.7. The molecular weight excluding hydrogens is 584 g/mol. The van der Waals surface area contributed by atoms with E-state index in [2.05, 4.69) is 27.7 Å². The van der Waals surface area contributed by atoms with Crippen LogP contribution >= 0.6 is 0 Å². The third kappa shape index (κ3) is 11.3. The summed E-state index contributed by atoms with van der Waals surface area (Å²) in [6.07, 6.45) is 7.58. The molecule has 0 radical (unpaired) electrons. The van der Waals surface area contributed by atoms with Gasteiger partial charge in [-0.2, -0.15) is 0 Å². The minimum Gasteiger partial charge on any atom is -0.459 e. The van der Waals surface area contributed by atoms with Crippen molar-refractivity contribution in [2.45, 2.75) is 118 Å². The zero-order valence-electron chi connectivity index (χ0n) is 28.4. The van der Waals surface area contributed by atoms with Crippen molar-refractivity contribution in [3.8, 4) is 11.5 Å². The van der Waals surface area contributed by atoms with Gasteiger partial charge in [0.1, 0.15) is 11.5 Å². The lowest BCUT2D eigenvalue weighted by Crippen LogP contribution is -2.30. The van der Waals surface area contributed by atoms with Crippen LogP contribution in [-0.4, -0.2) is 36.1 Å². The predicted octanol–water partition coefficient (Wildman–Crippen LogP) is 8.75. The molecule has 1 saturated carbocycles. The highest BCUT2D eigenvalue weighted by Gasteiger charge is 2.32. The summed E-state index contributed by atoms with van der Waals surface area (Å²) in [4.78, 5) is 50.7. The monoisotopic (exact) mass is 636 g/mol. The summed E-state index contributed by atoms with van der Waals surface area (Å²) in [5.74, 6) is -0.346. The summed E-state index contributed by atoms with van der Waals surface area (Å²) in [6.45, 7) is 12.4. The van der Waals surface area contributed by atoms with Crippen molar-refractivity contribution in [3.05, 3.63) is 59.7 Å². The van der Waals surface area contributed by atoms with Crippen LogP contribution in [0.1, 0.15) is 126 Å². The zero-order chi connectivity index (χ0) is 33.6. The van der Waals surface area contributed by atoms with E-state index >= 15 is 0 Å². The van der Waals surface area contributed by atoms with Gasteiger partial charge in [0.2, 0.25) is 0 Å². The summed E-state index contributed by atoms with van der Waals surface area (Å²) in [5.41, 5.74) is 0.818. The van der Waals surface area contributed by atoms with Crippen molar-refractivity contribution in [1.82, 2.24) is 0 Å². The summed E-state index contributed by atoms with van der Waals surface area (Å²) < 4.78 is 22.4. The summed E-state index contributed by atoms with van der Waals surface area (Å²) in [5, 5.41) is 0. The van der Waals surface area contributed by atoms with E-state index < -0.39 is 11.9 Å². The topological polar surface area (TPSA) is 105 Å². The Hall–Kier alpha value is -3.68. The highest BCUT2D eigenvalue weighted by atomic mass is 16.6. The van der Waals surface area contributed by atoms with Gasteiger partial charge >= 0.3 is 23.9 Å². The van der Waals surface area contributed by atoms with Crippen LogP contribution in [0.25, 0.3) is 0 Å². The second-order valence-electron chi connectivity index (χ2n) is 12.7. The molecule has 2 aromatic carbocycles. The number of benzene rings is 2. The van der Waals surface area contributed by atoms with E-state index in [1.54, 1.807) is 48.5 Å². The lowest BCUT2D eigenvalue weighted by atomic mass is 9.82. The lowest BCUT2D eigenvalue weighted by Gasteiger charge is -2.25. The normalized spacial score (nSPS) is 17.7. The average molecular weight is 637 g/mol. The van der Waals surface area contributed by atoms with Gasteiger partial charge in [-0.1, -0.05) is 53.4 Å². The molecule has 0 bridgehead atoms. The fourth-order valence-electron chi connectivity index (χ4n) is 6.06. The maximum atomic E-state index is 12.8. The fourth-order valence-corrected chi connectivity index (χ4v) is 6.06. The molecule has 0 spiro atoms. The molecule has 8 nitrogen and oxygen atoms in total. The number of ether oxygens (including phenoxy) is 4. The molecule has 0 heterocycles. The van der Waals surface area contributed by atoms with E-state index in [1.807, 2.05) is 13.8 Å². The van der Waals surface area contributed by atoms with Crippen molar-refractivity contribution in [2.24, 2.45) is 23.7 Å². The predicted molar refractivity (Wildman–Crippen MR) is 177 cm³/mol. The van der Waals surface area contributed by atoms with Gasteiger partial charge in [0.25, 0.3) is 0 Å². The molecule has 1 aliphatic carbocycles. The van der Waals surface area contributed by atoms with E-state index in [4.69, 9.17) is 18.9 Å². The minimum atomic E-state index is -0.391. The molecule has 0 saturated heterocycles. The highest BCUT2D eigenvalue weighted by Crippen LogP contribution is 2.32. The number of esters is 4. The third-order valence-corrected chi connectivity index (χ3v) is 9.27. The highest BCUT2D eigenvalue weighted by molar-refractivity contribution is 5.90. The molecule has 252 valence electrons. The van der Waals surface area contributed by atoms with Crippen LogP contribution in [0, 0.1) is 23.7 Å². The molecule has 2 unspecified atom stereocenters. The van der Waals surface area contributed by atoms with Crippen LogP contribution < -0.4 is 9.47 Å². The van der Waals surface area contributed by atoms with Crippen LogP contribution in [0.15, 0.2) is 48.5 Å². The fraction of sp³-hybridized carbons (Fsp3) is 0.579. The molecule has 0 aliphatic heterocycles. The van der Waals surface area contributed by atoms with Gasteiger partial charge in [-0.15, -0.1) is 0 Å². The summed E-state index contributed by atoms with van der Waals surface area (Å²) in [6, 6.07) is 12.8. The Kier molecular flexibility index (Phi) is 14.8. The van der Waals surface area contributed by atoms with Gasteiger partial charge in [0.05, 0.1) is 35.2 Å². The van der Waals surface area contributed by atoms with Crippen LogP contribution in [0.4, 0.5) is 0 Å². The molecule has 8 heteroatoms. The smallest absolute Gasteiger partial charge is 0.338 e. The van der Waals surface area contributed by atoms with Crippen molar-refractivity contribution in [3.63, 3.8) is 0 Å². The largest absolute Gasteiger partial charge is 0.459 e. The van der Waals surface area contributed by atoms with Gasteiger partial charge in [-0.05, 0) is 113 Å². The number of carbonyl (C=O) groups is 4. The first kappa shape index (κ1) is 36.8. The summed E-state index contributed by atoms with van der Waals surface area (Å²) in [7, 11) is 0. The second kappa shape index (κ2) is 18.5. The van der Waals surface area contributed by atoms with Crippen molar-refractivity contribution in [2.75, 3.05) is 0 Å². The molecule has 46 heavy (non-hydrogen) atoms. The van der Waals surface area contributed by atoms with E-state index in [9.17, 15) is 19.2 Å². The van der Waals surface area contributed by atoms with Crippen molar-refractivity contribution >= 4 is 23.9 Å². The zero-order valence-corrected chi connectivity index (χ0v) is 28.4. The Labute approximate surface area is 274 Å². The number of carbonyl (C=O) groups excluding carboxylic acids is 4. The molecule has 3 rings (SSSR count). The van der Waals surface area contributed by atoms with Crippen LogP contribution in [-0.2, 0) is 19.1 Å². The van der Waals surface area contributed by atoms with E-state index in [1.165, 1.54) is 0 Å². The van der Waals surface area contributed by atoms with Gasteiger partial charge in [-0.25, -0.2) is 9.59 Å². The third-order valence-electron chi connectivity index (χ3n) is 9.27. The van der Waals surface area contributed by atoms with Crippen molar-refractivity contribution in [1.29, 1.82) is 0 Å². The Morgan fingerprint density at radius 2 is 0.870 bits per heavy atom. The lowest BCUT2D eigenvalue weighted by molar-refractivity contribution is -0.145.